The van der Waals surface area contributed by atoms with E-state index in [0.717, 1.165) is 49.8 Å². The highest BCUT2D eigenvalue weighted by atomic mass is 32.2. The second-order valence-corrected chi connectivity index (χ2v) is 9.27. The van der Waals surface area contributed by atoms with Crippen molar-refractivity contribution in [2.75, 3.05) is 18.4 Å². The van der Waals surface area contributed by atoms with Gasteiger partial charge in [0, 0.05) is 30.8 Å². The third-order valence-corrected chi connectivity index (χ3v) is 7.30. The molecule has 1 atom stereocenters. The van der Waals surface area contributed by atoms with Gasteiger partial charge in [-0.2, -0.15) is 4.31 Å². The molecule has 1 unspecified atom stereocenters. The predicted molar refractivity (Wildman–Crippen MR) is 106 cm³/mol. The minimum Gasteiger partial charge on any atom is -0.469 e. The normalized spacial score (nSPS) is 20.4. The van der Waals surface area contributed by atoms with Gasteiger partial charge in [0.25, 0.3) is 0 Å². The van der Waals surface area contributed by atoms with Crippen LogP contribution in [0.5, 0.6) is 0 Å². The van der Waals surface area contributed by atoms with E-state index in [4.69, 9.17) is 4.42 Å². The monoisotopic (exact) mass is 403 g/mol. The molecule has 1 saturated heterocycles. The van der Waals surface area contributed by atoms with Crippen molar-refractivity contribution in [3.63, 3.8) is 0 Å². The molecule has 7 nitrogen and oxygen atoms in total. The van der Waals surface area contributed by atoms with E-state index in [1.165, 1.54) is 10.4 Å². The molecule has 2 N–H and O–H groups in total. The highest BCUT2D eigenvalue weighted by Gasteiger charge is 2.27. The van der Waals surface area contributed by atoms with Crippen LogP contribution >= 0.6 is 0 Å². The molecule has 1 aromatic carbocycles. The van der Waals surface area contributed by atoms with Crippen molar-refractivity contribution < 1.29 is 17.6 Å². The summed E-state index contributed by atoms with van der Waals surface area (Å²) >= 11 is 0. The van der Waals surface area contributed by atoms with Gasteiger partial charge in [-0.25, -0.2) is 13.2 Å². The number of urea groups is 1. The third kappa shape index (κ3) is 3.93. The Balaban J connectivity index is 1.44. The number of fused-ring (bicyclic) bond motifs is 1. The molecule has 150 valence electrons. The molecule has 1 aliphatic carbocycles. The van der Waals surface area contributed by atoms with Crippen molar-refractivity contribution in [2.45, 2.75) is 49.5 Å². The van der Waals surface area contributed by atoms with Crippen LogP contribution in [0.2, 0.25) is 0 Å². The lowest BCUT2D eigenvalue weighted by atomic mass is 9.93. The zero-order valence-electron chi connectivity index (χ0n) is 15.7. The first kappa shape index (κ1) is 19.0. The number of nitrogens with zero attached hydrogens (tertiary/aromatic N) is 1. The van der Waals surface area contributed by atoms with Crippen molar-refractivity contribution in [3.05, 3.63) is 47.9 Å². The molecular weight excluding hydrogens is 378 g/mol. The Labute approximate surface area is 165 Å². The van der Waals surface area contributed by atoms with Gasteiger partial charge in [0.2, 0.25) is 10.0 Å². The summed E-state index contributed by atoms with van der Waals surface area (Å²) in [7, 11) is -3.53. The van der Waals surface area contributed by atoms with Gasteiger partial charge in [-0.15, -0.1) is 0 Å². The average Bonchev–Trinajstić information content (AvgIpc) is 3.19. The van der Waals surface area contributed by atoms with Crippen molar-refractivity contribution >= 4 is 21.7 Å². The second-order valence-electron chi connectivity index (χ2n) is 7.33. The van der Waals surface area contributed by atoms with Gasteiger partial charge < -0.3 is 15.1 Å². The molecule has 0 saturated carbocycles. The first-order valence-electron chi connectivity index (χ1n) is 9.78. The van der Waals surface area contributed by atoms with Crippen molar-refractivity contribution in [2.24, 2.45) is 0 Å². The van der Waals surface area contributed by atoms with Crippen LogP contribution in [0.3, 0.4) is 0 Å². The number of amides is 2. The number of benzene rings is 1. The molecule has 28 heavy (non-hydrogen) atoms. The molecule has 0 spiro atoms. The zero-order chi connectivity index (χ0) is 19.6. The summed E-state index contributed by atoms with van der Waals surface area (Å²) in [6.07, 6.45) is 7.18. The Morgan fingerprint density at radius 1 is 1.11 bits per heavy atom. The van der Waals surface area contributed by atoms with E-state index in [0.29, 0.717) is 18.8 Å². The number of furan rings is 1. The molecule has 4 rings (SSSR count). The quantitative estimate of drug-likeness (QED) is 0.815. The maximum Gasteiger partial charge on any atom is 0.319 e. The summed E-state index contributed by atoms with van der Waals surface area (Å²) < 4.78 is 32.7. The van der Waals surface area contributed by atoms with E-state index < -0.39 is 10.0 Å². The molecule has 2 heterocycles. The first-order chi connectivity index (χ1) is 13.5. The van der Waals surface area contributed by atoms with E-state index in [-0.39, 0.29) is 17.0 Å². The smallest absolute Gasteiger partial charge is 0.319 e. The van der Waals surface area contributed by atoms with Crippen molar-refractivity contribution in [1.29, 1.82) is 0 Å². The fourth-order valence-corrected chi connectivity index (χ4v) is 5.51. The van der Waals surface area contributed by atoms with E-state index in [1.54, 1.807) is 24.5 Å². The standard InChI is InChI=1S/C20H25N3O4S/c24-20(22-18-8-5-9-19-17(18)10-13-27-19)21-15-6-4-7-16(14-15)28(25,26)23-11-2-1-3-12-23/h4,6-7,10,13-14,18H,1-3,5,8-9,11-12H2,(H2,21,22,24). The number of hydrogen-bond acceptors (Lipinski definition) is 4. The fraction of sp³-hybridized carbons (Fsp3) is 0.450. The minimum atomic E-state index is -3.53. The summed E-state index contributed by atoms with van der Waals surface area (Å²) in [5, 5.41) is 5.73. The lowest BCUT2D eigenvalue weighted by molar-refractivity contribution is 0.246. The number of hydrogen-bond donors (Lipinski definition) is 2. The molecule has 0 bridgehead atoms. The number of rotatable bonds is 4. The van der Waals surface area contributed by atoms with Gasteiger partial charge in [-0.3, -0.25) is 0 Å². The van der Waals surface area contributed by atoms with Gasteiger partial charge in [0.15, 0.2) is 0 Å². The minimum absolute atomic E-state index is 0.0947. The van der Waals surface area contributed by atoms with Crippen molar-refractivity contribution in [1.82, 2.24) is 9.62 Å². The summed E-state index contributed by atoms with van der Waals surface area (Å²) in [5.41, 5.74) is 1.47. The number of aryl methyl sites for hydroxylation is 1. The summed E-state index contributed by atoms with van der Waals surface area (Å²) in [4.78, 5) is 12.7. The number of carbonyl (C=O) groups excluding carboxylic acids is 1. The fourth-order valence-electron chi connectivity index (χ4n) is 3.95. The SMILES string of the molecule is O=C(Nc1cccc(S(=O)(=O)N2CCCCC2)c1)NC1CCCc2occc21. The highest BCUT2D eigenvalue weighted by Crippen LogP contribution is 2.30. The molecular formula is C20H25N3O4S. The predicted octanol–water partition coefficient (Wildman–Crippen LogP) is 3.65. The highest BCUT2D eigenvalue weighted by molar-refractivity contribution is 7.89. The third-order valence-electron chi connectivity index (χ3n) is 5.40. The molecule has 2 aliphatic rings. The molecule has 1 aromatic heterocycles. The van der Waals surface area contributed by atoms with Crippen LogP contribution in [0, 0.1) is 0 Å². The summed E-state index contributed by atoms with van der Waals surface area (Å²) in [6.45, 7) is 1.10. The first-order valence-corrected chi connectivity index (χ1v) is 11.2. The Morgan fingerprint density at radius 3 is 2.75 bits per heavy atom. The van der Waals surface area contributed by atoms with Gasteiger partial charge in [-0.1, -0.05) is 12.5 Å². The van der Waals surface area contributed by atoms with Crippen LogP contribution < -0.4 is 10.6 Å². The average molecular weight is 404 g/mol. The Morgan fingerprint density at radius 2 is 1.93 bits per heavy atom. The van der Waals surface area contributed by atoms with Crippen molar-refractivity contribution in [3.8, 4) is 0 Å². The number of sulfonamides is 1. The number of piperidine rings is 1. The van der Waals surface area contributed by atoms with Gasteiger partial charge in [0.1, 0.15) is 5.76 Å². The Bertz CT molecular complexity index is 948. The lowest BCUT2D eigenvalue weighted by Gasteiger charge is -2.26. The molecule has 1 fully saturated rings. The van der Waals surface area contributed by atoms with E-state index >= 15 is 0 Å². The van der Waals surface area contributed by atoms with E-state index in [2.05, 4.69) is 10.6 Å². The Kier molecular flexibility index (Phi) is 5.41. The van der Waals surface area contributed by atoms with Crippen LogP contribution in [-0.4, -0.2) is 31.8 Å². The maximum atomic E-state index is 12.8. The zero-order valence-corrected chi connectivity index (χ0v) is 16.5. The van der Waals surface area contributed by atoms with Crippen LogP contribution in [-0.2, 0) is 16.4 Å². The molecule has 2 amide bonds. The second kappa shape index (κ2) is 7.97. The van der Waals surface area contributed by atoms with Gasteiger partial charge in [-0.05, 0) is 49.9 Å². The van der Waals surface area contributed by atoms with E-state index in [9.17, 15) is 13.2 Å². The van der Waals surface area contributed by atoms with Crippen LogP contribution in [0.15, 0.2) is 45.9 Å². The van der Waals surface area contributed by atoms with E-state index in [1.807, 2.05) is 6.07 Å². The maximum absolute atomic E-state index is 12.8. The summed E-state index contributed by atoms with van der Waals surface area (Å²) in [5.74, 6) is 0.922. The van der Waals surface area contributed by atoms with Gasteiger partial charge >= 0.3 is 6.03 Å². The Hall–Kier alpha value is -2.32. The number of carbonyl (C=O) groups is 1. The number of anilines is 1. The van der Waals surface area contributed by atoms with Crippen LogP contribution in [0.25, 0.3) is 0 Å². The van der Waals surface area contributed by atoms with Gasteiger partial charge in [0.05, 0.1) is 17.2 Å². The topological polar surface area (TPSA) is 91.7 Å². The largest absolute Gasteiger partial charge is 0.469 e. The molecule has 1 aliphatic heterocycles. The van der Waals surface area contributed by atoms with Crippen LogP contribution in [0.4, 0.5) is 10.5 Å². The lowest BCUT2D eigenvalue weighted by Crippen LogP contribution is -2.36. The molecule has 8 heteroatoms. The number of nitrogens with one attached hydrogen (secondary N) is 2. The van der Waals surface area contributed by atoms with Crippen LogP contribution in [0.1, 0.15) is 49.5 Å². The molecule has 2 aromatic rings. The summed E-state index contributed by atoms with van der Waals surface area (Å²) in [6, 6.07) is 7.89. The molecule has 0 radical (unpaired) electrons.